The van der Waals surface area contributed by atoms with Crippen molar-refractivity contribution < 1.29 is 14.3 Å². The Hall–Kier alpha value is -2.30. The van der Waals surface area contributed by atoms with Gasteiger partial charge in [0.25, 0.3) is 0 Å². The molecule has 0 amide bonds. The number of nitrogens with zero attached hydrogens (tertiary/aromatic N) is 2. The lowest BCUT2D eigenvalue weighted by Crippen LogP contribution is -2.08. The first-order chi connectivity index (χ1) is 10.3. The van der Waals surface area contributed by atoms with E-state index in [2.05, 4.69) is 5.10 Å². The Bertz CT molecular complexity index is 634. The monoisotopic (exact) mass is 286 g/mol. The van der Waals surface area contributed by atoms with Crippen molar-refractivity contribution in [3.05, 3.63) is 35.9 Å². The Morgan fingerprint density at radius 1 is 1.33 bits per heavy atom. The zero-order chi connectivity index (χ0) is 14.7. The predicted molar refractivity (Wildman–Crippen MR) is 78.3 cm³/mol. The first-order valence-electron chi connectivity index (χ1n) is 7.27. The van der Waals surface area contributed by atoms with Gasteiger partial charge in [-0.05, 0) is 19.8 Å². The summed E-state index contributed by atoms with van der Waals surface area (Å²) < 4.78 is 12.7. The summed E-state index contributed by atoms with van der Waals surface area (Å²) in [6, 6.07) is 9.66. The zero-order valence-corrected chi connectivity index (χ0v) is 12.0. The maximum absolute atomic E-state index is 12.3. The van der Waals surface area contributed by atoms with E-state index in [1.165, 1.54) is 0 Å². The second kappa shape index (κ2) is 5.99. The normalized spacial score (nSPS) is 14.0. The van der Waals surface area contributed by atoms with Crippen LogP contribution >= 0.6 is 0 Å². The molecule has 1 aliphatic rings. The fraction of sp³-hybridized carbons (Fsp3) is 0.375. The third-order valence-corrected chi connectivity index (χ3v) is 3.44. The van der Waals surface area contributed by atoms with Crippen LogP contribution in [0.25, 0.3) is 11.3 Å². The third kappa shape index (κ3) is 2.63. The lowest BCUT2D eigenvalue weighted by atomic mass is 10.1. The van der Waals surface area contributed by atoms with E-state index in [-0.39, 0.29) is 5.97 Å². The second-order valence-corrected chi connectivity index (χ2v) is 4.89. The molecule has 2 heterocycles. The molecule has 0 bridgehead atoms. The highest BCUT2D eigenvalue weighted by molar-refractivity contribution is 5.98. The van der Waals surface area contributed by atoms with Crippen molar-refractivity contribution in [2.24, 2.45) is 0 Å². The number of fused-ring (bicyclic) bond motifs is 1. The number of carbonyl (C=O) groups is 1. The average Bonchev–Trinajstić information content (AvgIpc) is 2.72. The van der Waals surface area contributed by atoms with E-state index in [0.29, 0.717) is 30.4 Å². The van der Waals surface area contributed by atoms with E-state index in [1.807, 2.05) is 30.3 Å². The standard InChI is InChI=1S/C16H18N2O3/c1-2-20-16(19)13-14(12-8-4-3-5-9-12)17-18-10-6-7-11-21-15(13)18/h3-5,8-9H,2,6-7,10-11H2,1H3. The molecule has 0 aliphatic carbocycles. The summed E-state index contributed by atoms with van der Waals surface area (Å²) in [6.07, 6.45) is 1.96. The van der Waals surface area contributed by atoms with E-state index in [0.717, 1.165) is 24.9 Å². The summed E-state index contributed by atoms with van der Waals surface area (Å²) in [5, 5.41) is 4.58. The molecule has 21 heavy (non-hydrogen) atoms. The van der Waals surface area contributed by atoms with Crippen LogP contribution in [0.3, 0.4) is 0 Å². The summed E-state index contributed by atoms with van der Waals surface area (Å²) in [5.74, 6) is 0.157. The van der Waals surface area contributed by atoms with Crippen LogP contribution in [0.1, 0.15) is 30.1 Å². The van der Waals surface area contributed by atoms with E-state index in [4.69, 9.17) is 9.47 Å². The molecule has 3 rings (SSSR count). The van der Waals surface area contributed by atoms with Gasteiger partial charge >= 0.3 is 5.97 Å². The highest BCUT2D eigenvalue weighted by Crippen LogP contribution is 2.32. The average molecular weight is 286 g/mol. The maximum atomic E-state index is 12.3. The van der Waals surface area contributed by atoms with Gasteiger partial charge in [-0.25, -0.2) is 9.48 Å². The minimum atomic E-state index is -0.375. The van der Waals surface area contributed by atoms with Crippen LogP contribution < -0.4 is 4.74 Å². The highest BCUT2D eigenvalue weighted by atomic mass is 16.5. The Morgan fingerprint density at radius 3 is 2.90 bits per heavy atom. The molecular weight excluding hydrogens is 268 g/mol. The predicted octanol–water partition coefficient (Wildman–Crippen LogP) is 2.90. The Labute approximate surface area is 123 Å². The SMILES string of the molecule is CCOC(=O)c1c(-c2ccccc2)nn2c1OCCCC2. The van der Waals surface area contributed by atoms with Crippen LogP contribution in [0.2, 0.25) is 0 Å². The van der Waals surface area contributed by atoms with Crippen molar-refractivity contribution in [3.63, 3.8) is 0 Å². The zero-order valence-electron chi connectivity index (χ0n) is 12.0. The van der Waals surface area contributed by atoms with E-state index in [1.54, 1.807) is 11.6 Å². The number of carbonyl (C=O) groups excluding carboxylic acids is 1. The molecule has 0 atom stereocenters. The van der Waals surface area contributed by atoms with E-state index >= 15 is 0 Å². The minimum Gasteiger partial charge on any atom is -0.477 e. The number of ether oxygens (including phenoxy) is 2. The van der Waals surface area contributed by atoms with E-state index in [9.17, 15) is 4.79 Å². The molecule has 0 saturated heterocycles. The van der Waals surface area contributed by atoms with Gasteiger partial charge in [-0.15, -0.1) is 0 Å². The molecule has 0 saturated carbocycles. The Balaban J connectivity index is 2.12. The van der Waals surface area contributed by atoms with Gasteiger partial charge in [0.15, 0.2) is 0 Å². The maximum Gasteiger partial charge on any atom is 0.345 e. The molecule has 0 radical (unpaired) electrons. The Kier molecular flexibility index (Phi) is 3.90. The van der Waals surface area contributed by atoms with Crippen LogP contribution in [0.15, 0.2) is 30.3 Å². The summed E-state index contributed by atoms with van der Waals surface area (Å²) in [6.45, 7) is 3.49. The molecule has 1 aliphatic heterocycles. The van der Waals surface area contributed by atoms with Crippen molar-refractivity contribution >= 4 is 5.97 Å². The van der Waals surface area contributed by atoms with Gasteiger partial charge in [0.2, 0.25) is 5.88 Å². The quantitative estimate of drug-likeness (QED) is 0.814. The fourth-order valence-electron chi connectivity index (χ4n) is 2.46. The molecule has 1 aromatic heterocycles. The number of hydrogen-bond donors (Lipinski definition) is 0. The van der Waals surface area contributed by atoms with Crippen LogP contribution in [-0.4, -0.2) is 29.0 Å². The van der Waals surface area contributed by atoms with Crippen LogP contribution in [-0.2, 0) is 11.3 Å². The van der Waals surface area contributed by atoms with Gasteiger partial charge in [-0.2, -0.15) is 5.10 Å². The molecule has 0 unspecified atom stereocenters. The molecular formula is C16H18N2O3. The molecule has 110 valence electrons. The molecule has 0 fully saturated rings. The number of hydrogen-bond acceptors (Lipinski definition) is 4. The molecule has 0 N–H and O–H groups in total. The number of benzene rings is 1. The van der Waals surface area contributed by atoms with Gasteiger partial charge in [-0.1, -0.05) is 30.3 Å². The topological polar surface area (TPSA) is 53.3 Å². The van der Waals surface area contributed by atoms with Crippen molar-refractivity contribution in [2.45, 2.75) is 26.3 Å². The van der Waals surface area contributed by atoms with Crippen LogP contribution in [0, 0.1) is 0 Å². The van der Waals surface area contributed by atoms with Crippen LogP contribution in [0.4, 0.5) is 0 Å². The Morgan fingerprint density at radius 2 is 2.14 bits per heavy atom. The van der Waals surface area contributed by atoms with E-state index < -0.39 is 0 Å². The van der Waals surface area contributed by atoms with Gasteiger partial charge in [-0.3, -0.25) is 0 Å². The van der Waals surface area contributed by atoms with Gasteiger partial charge < -0.3 is 9.47 Å². The van der Waals surface area contributed by atoms with Gasteiger partial charge in [0.05, 0.1) is 13.2 Å². The largest absolute Gasteiger partial charge is 0.477 e. The number of aryl methyl sites for hydroxylation is 1. The van der Waals surface area contributed by atoms with Crippen molar-refractivity contribution in [1.82, 2.24) is 9.78 Å². The number of aromatic nitrogens is 2. The smallest absolute Gasteiger partial charge is 0.345 e. The van der Waals surface area contributed by atoms with Gasteiger partial charge in [0.1, 0.15) is 11.3 Å². The summed E-state index contributed by atoms with van der Waals surface area (Å²) in [5.41, 5.74) is 1.96. The highest BCUT2D eigenvalue weighted by Gasteiger charge is 2.28. The second-order valence-electron chi connectivity index (χ2n) is 4.89. The van der Waals surface area contributed by atoms with Crippen LogP contribution in [0.5, 0.6) is 5.88 Å². The first kappa shape index (κ1) is 13.7. The molecule has 5 heteroatoms. The molecule has 2 aromatic rings. The third-order valence-electron chi connectivity index (χ3n) is 3.44. The molecule has 5 nitrogen and oxygen atoms in total. The lowest BCUT2D eigenvalue weighted by Gasteiger charge is -2.07. The minimum absolute atomic E-state index is 0.331. The lowest BCUT2D eigenvalue weighted by molar-refractivity contribution is 0.0522. The number of esters is 1. The van der Waals surface area contributed by atoms with Crippen molar-refractivity contribution in [1.29, 1.82) is 0 Å². The summed E-state index contributed by atoms with van der Waals surface area (Å²) >= 11 is 0. The van der Waals surface area contributed by atoms with Crippen molar-refractivity contribution in [2.75, 3.05) is 13.2 Å². The fourth-order valence-corrected chi connectivity index (χ4v) is 2.46. The summed E-state index contributed by atoms with van der Waals surface area (Å²) in [4.78, 5) is 12.3. The molecule has 1 aromatic carbocycles. The van der Waals surface area contributed by atoms with Crippen molar-refractivity contribution in [3.8, 4) is 17.1 Å². The summed E-state index contributed by atoms with van der Waals surface area (Å²) in [7, 11) is 0. The molecule has 0 spiro atoms. The number of rotatable bonds is 3. The first-order valence-corrected chi connectivity index (χ1v) is 7.27. The van der Waals surface area contributed by atoms with Gasteiger partial charge in [0, 0.05) is 12.1 Å².